The summed E-state index contributed by atoms with van der Waals surface area (Å²) in [6.45, 7) is 0. The SMILES string of the molecule is Oc1ccc(-c2nc3c(Nc4ccccc4)nccc3[nH]2)cc1. The van der Waals surface area contributed by atoms with Crippen LogP contribution in [0.2, 0.25) is 0 Å². The molecule has 0 saturated heterocycles. The lowest BCUT2D eigenvalue weighted by Gasteiger charge is -2.05. The van der Waals surface area contributed by atoms with Crippen molar-refractivity contribution in [2.24, 2.45) is 0 Å². The number of H-pyrrole nitrogens is 1. The Labute approximate surface area is 132 Å². The first-order chi connectivity index (χ1) is 11.3. The van der Waals surface area contributed by atoms with Crippen molar-refractivity contribution >= 4 is 22.5 Å². The molecule has 0 unspecified atom stereocenters. The number of imidazole rings is 1. The van der Waals surface area contributed by atoms with Crippen LogP contribution < -0.4 is 5.32 Å². The van der Waals surface area contributed by atoms with Crippen LogP contribution in [0.5, 0.6) is 5.75 Å². The van der Waals surface area contributed by atoms with E-state index in [1.165, 1.54) is 0 Å². The minimum atomic E-state index is 0.234. The van der Waals surface area contributed by atoms with Gasteiger partial charge in [0, 0.05) is 17.4 Å². The normalized spacial score (nSPS) is 10.8. The Kier molecular flexibility index (Phi) is 3.16. The van der Waals surface area contributed by atoms with E-state index in [4.69, 9.17) is 0 Å². The van der Waals surface area contributed by atoms with E-state index in [-0.39, 0.29) is 5.75 Å². The van der Waals surface area contributed by atoms with E-state index in [1.807, 2.05) is 48.5 Å². The highest BCUT2D eigenvalue weighted by Crippen LogP contribution is 2.26. The van der Waals surface area contributed by atoms with Gasteiger partial charge in [-0.25, -0.2) is 9.97 Å². The quantitative estimate of drug-likeness (QED) is 0.533. The maximum absolute atomic E-state index is 9.40. The largest absolute Gasteiger partial charge is 0.508 e. The molecule has 4 rings (SSSR count). The number of nitrogens with one attached hydrogen (secondary N) is 2. The van der Waals surface area contributed by atoms with E-state index in [2.05, 4.69) is 20.3 Å². The summed E-state index contributed by atoms with van der Waals surface area (Å²) in [7, 11) is 0. The summed E-state index contributed by atoms with van der Waals surface area (Å²) in [5, 5.41) is 12.7. The summed E-state index contributed by atoms with van der Waals surface area (Å²) in [5.41, 5.74) is 3.55. The van der Waals surface area contributed by atoms with Crippen LogP contribution in [0.25, 0.3) is 22.4 Å². The summed E-state index contributed by atoms with van der Waals surface area (Å²) in [6.07, 6.45) is 1.74. The van der Waals surface area contributed by atoms with Crippen molar-refractivity contribution < 1.29 is 5.11 Å². The van der Waals surface area contributed by atoms with Gasteiger partial charge in [-0.3, -0.25) is 0 Å². The number of para-hydroxylation sites is 1. The second-order valence-corrected chi connectivity index (χ2v) is 5.18. The number of aromatic amines is 1. The summed E-state index contributed by atoms with van der Waals surface area (Å²) >= 11 is 0. The minimum Gasteiger partial charge on any atom is -0.508 e. The summed E-state index contributed by atoms with van der Waals surface area (Å²) in [5.74, 6) is 1.68. The predicted molar refractivity (Wildman–Crippen MR) is 90.7 cm³/mol. The molecule has 0 aliphatic rings. The second-order valence-electron chi connectivity index (χ2n) is 5.18. The number of rotatable bonds is 3. The monoisotopic (exact) mass is 302 g/mol. The maximum Gasteiger partial charge on any atom is 0.158 e. The molecule has 0 spiro atoms. The number of aromatic hydroxyl groups is 1. The van der Waals surface area contributed by atoms with Gasteiger partial charge in [0.15, 0.2) is 5.82 Å². The first kappa shape index (κ1) is 13.3. The van der Waals surface area contributed by atoms with E-state index in [1.54, 1.807) is 18.3 Å². The molecule has 0 amide bonds. The van der Waals surface area contributed by atoms with Crippen LogP contribution >= 0.6 is 0 Å². The fourth-order valence-electron chi connectivity index (χ4n) is 2.44. The van der Waals surface area contributed by atoms with Crippen LogP contribution in [0.4, 0.5) is 11.5 Å². The third-order valence-corrected chi connectivity index (χ3v) is 3.58. The summed E-state index contributed by atoms with van der Waals surface area (Å²) < 4.78 is 0. The zero-order chi connectivity index (χ0) is 15.6. The van der Waals surface area contributed by atoms with E-state index in [0.717, 1.165) is 28.1 Å². The van der Waals surface area contributed by atoms with Gasteiger partial charge in [0.05, 0.1) is 5.52 Å². The van der Waals surface area contributed by atoms with Gasteiger partial charge < -0.3 is 15.4 Å². The Morgan fingerprint density at radius 3 is 2.48 bits per heavy atom. The lowest BCUT2D eigenvalue weighted by molar-refractivity contribution is 0.475. The van der Waals surface area contributed by atoms with Crippen LogP contribution in [0.15, 0.2) is 66.9 Å². The van der Waals surface area contributed by atoms with E-state index in [9.17, 15) is 5.11 Å². The van der Waals surface area contributed by atoms with Crippen LogP contribution in [0.1, 0.15) is 0 Å². The van der Waals surface area contributed by atoms with Crippen LogP contribution in [-0.2, 0) is 0 Å². The maximum atomic E-state index is 9.40. The highest BCUT2D eigenvalue weighted by Gasteiger charge is 2.10. The van der Waals surface area contributed by atoms with Gasteiger partial charge in [-0.05, 0) is 42.5 Å². The topological polar surface area (TPSA) is 73.8 Å². The molecule has 0 aliphatic carbocycles. The smallest absolute Gasteiger partial charge is 0.158 e. The fourth-order valence-corrected chi connectivity index (χ4v) is 2.44. The molecule has 5 nitrogen and oxygen atoms in total. The summed E-state index contributed by atoms with van der Waals surface area (Å²) in [6, 6.07) is 18.7. The number of fused-ring (bicyclic) bond motifs is 1. The number of nitrogens with zero attached hydrogens (tertiary/aromatic N) is 2. The molecule has 2 aromatic heterocycles. The molecule has 4 aromatic rings. The Morgan fingerprint density at radius 1 is 0.913 bits per heavy atom. The number of anilines is 2. The molecule has 2 aromatic carbocycles. The number of hydrogen-bond acceptors (Lipinski definition) is 4. The Balaban J connectivity index is 1.77. The number of hydrogen-bond donors (Lipinski definition) is 3. The molecule has 0 aliphatic heterocycles. The van der Waals surface area contributed by atoms with Crippen molar-refractivity contribution in [3.63, 3.8) is 0 Å². The predicted octanol–water partition coefficient (Wildman–Crippen LogP) is 4.07. The Hall–Kier alpha value is -3.34. The third-order valence-electron chi connectivity index (χ3n) is 3.58. The second kappa shape index (κ2) is 5.46. The van der Waals surface area contributed by atoms with Crippen molar-refractivity contribution in [1.29, 1.82) is 0 Å². The molecule has 5 heteroatoms. The van der Waals surface area contributed by atoms with Crippen molar-refractivity contribution in [3.8, 4) is 17.1 Å². The lowest BCUT2D eigenvalue weighted by atomic mass is 10.2. The Morgan fingerprint density at radius 2 is 1.70 bits per heavy atom. The van der Waals surface area contributed by atoms with E-state index < -0.39 is 0 Å². The molecular weight excluding hydrogens is 288 g/mol. The zero-order valence-corrected chi connectivity index (χ0v) is 12.2. The molecular formula is C18H14N4O. The number of pyridine rings is 1. The van der Waals surface area contributed by atoms with Crippen molar-refractivity contribution in [1.82, 2.24) is 15.0 Å². The van der Waals surface area contributed by atoms with Gasteiger partial charge in [0.2, 0.25) is 0 Å². The van der Waals surface area contributed by atoms with Gasteiger partial charge in [-0.2, -0.15) is 0 Å². The van der Waals surface area contributed by atoms with Crippen molar-refractivity contribution in [2.45, 2.75) is 0 Å². The van der Waals surface area contributed by atoms with Gasteiger partial charge in [-0.1, -0.05) is 18.2 Å². The number of phenols is 1. The standard InChI is InChI=1S/C18H14N4O/c23-14-8-6-12(7-9-14)17-21-15-10-11-19-18(16(15)22-17)20-13-4-2-1-3-5-13/h1-11,23H,(H,19,20)(H,21,22). The number of benzene rings is 2. The zero-order valence-electron chi connectivity index (χ0n) is 12.2. The molecule has 112 valence electrons. The van der Waals surface area contributed by atoms with Crippen LogP contribution in [0.3, 0.4) is 0 Å². The van der Waals surface area contributed by atoms with Crippen molar-refractivity contribution in [3.05, 3.63) is 66.9 Å². The first-order valence-corrected chi connectivity index (χ1v) is 7.26. The van der Waals surface area contributed by atoms with Gasteiger partial charge >= 0.3 is 0 Å². The van der Waals surface area contributed by atoms with Gasteiger partial charge in [0.1, 0.15) is 17.1 Å². The van der Waals surface area contributed by atoms with E-state index >= 15 is 0 Å². The van der Waals surface area contributed by atoms with Crippen molar-refractivity contribution in [2.75, 3.05) is 5.32 Å². The average Bonchev–Trinajstić information content (AvgIpc) is 3.02. The molecule has 3 N–H and O–H groups in total. The third kappa shape index (κ3) is 2.60. The molecule has 23 heavy (non-hydrogen) atoms. The first-order valence-electron chi connectivity index (χ1n) is 7.26. The molecule has 2 heterocycles. The molecule has 0 radical (unpaired) electrons. The average molecular weight is 302 g/mol. The molecule has 0 fully saturated rings. The van der Waals surface area contributed by atoms with Crippen LogP contribution in [0, 0.1) is 0 Å². The molecule has 0 atom stereocenters. The van der Waals surface area contributed by atoms with E-state index in [0.29, 0.717) is 5.82 Å². The molecule has 0 bridgehead atoms. The highest BCUT2D eigenvalue weighted by molar-refractivity contribution is 5.89. The molecule has 0 saturated carbocycles. The van der Waals surface area contributed by atoms with Gasteiger partial charge in [-0.15, -0.1) is 0 Å². The van der Waals surface area contributed by atoms with Crippen LogP contribution in [-0.4, -0.2) is 20.1 Å². The summed E-state index contributed by atoms with van der Waals surface area (Å²) in [4.78, 5) is 12.3. The van der Waals surface area contributed by atoms with Gasteiger partial charge in [0.25, 0.3) is 0 Å². The number of aromatic nitrogens is 3. The number of phenolic OH excluding ortho intramolecular Hbond substituents is 1. The Bertz CT molecular complexity index is 946. The lowest BCUT2D eigenvalue weighted by Crippen LogP contribution is -1.93. The fraction of sp³-hybridized carbons (Fsp3) is 0. The minimum absolute atomic E-state index is 0.234. The highest BCUT2D eigenvalue weighted by atomic mass is 16.3.